The quantitative estimate of drug-likeness (QED) is 0.915. The lowest BCUT2D eigenvalue weighted by molar-refractivity contribution is 0.143. The van der Waals surface area contributed by atoms with Crippen LogP contribution in [-0.4, -0.2) is 51.8 Å². The van der Waals surface area contributed by atoms with Crippen LogP contribution in [0.15, 0.2) is 30.5 Å². The molecule has 1 aliphatic heterocycles. The summed E-state index contributed by atoms with van der Waals surface area (Å²) in [5, 5.41) is 16.2. The molecule has 0 spiro atoms. The monoisotopic (exact) mass is 352 g/mol. The van der Waals surface area contributed by atoms with Crippen LogP contribution in [0.5, 0.6) is 0 Å². The van der Waals surface area contributed by atoms with E-state index in [1.807, 2.05) is 49.3 Å². The molecule has 0 saturated carbocycles. The van der Waals surface area contributed by atoms with Gasteiger partial charge in [0.05, 0.1) is 23.0 Å². The predicted octanol–water partition coefficient (Wildman–Crippen LogP) is 2.20. The maximum Gasteiger partial charge on any atom is 0.322 e. The number of nitrogens with zero attached hydrogens (tertiary/aromatic N) is 5. The second-order valence-corrected chi connectivity index (χ2v) is 6.52. The largest absolute Gasteiger partial charge is 0.322 e. The molecule has 136 valence electrons. The van der Waals surface area contributed by atoms with Crippen LogP contribution in [0.4, 0.5) is 10.5 Å². The van der Waals surface area contributed by atoms with Gasteiger partial charge in [-0.15, -0.1) is 0 Å². The van der Waals surface area contributed by atoms with Crippen LogP contribution in [0.3, 0.4) is 0 Å². The first-order chi connectivity index (χ1) is 12.6. The van der Waals surface area contributed by atoms with E-state index in [1.54, 1.807) is 4.68 Å². The van der Waals surface area contributed by atoms with Crippen molar-refractivity contribution in [3.8, 4) is 6.07 Å². The van der Waals surface area contributed by atoms with E-state index in [9.17, 15) is 4.79 Å². The summed E-state index contributed by atoms with van der Waals surface area (Å²) >= 11 is 0. The maximum atomic E-state index is 12.5. The minimum absolute atomic E-state index is 0.0641. The van der Waals surface area contributed by atoms with Crippen LogP contribution in [-0.2, 0) is 20.0 Å². The number of nitrogens with one attached hydrogen (secondary N) is 1. The van der Waals surface area contributed by atoms with Gasteiger partial charge >= 0.3 is 6.03 Å². The fourth-order valence-corrected chi connectivity index (χ4v) is 3.15. The Labute approximate surface area is 153 Å². The molecule has 1 saturated heterocycles. The van der Waals surface area contributed by atoms with E-state index in [0.717, 1.165) is 37.4 Å². The standard InChI is InChI=1S/C19H24N6O/c1-3-17-18(14-23(2)22-17)21-19(26)25-10-8-24(9-11-25)13-16-6-4-15(12-20)5-7-16/h4-7,14H,3,8-11,13H2,1-2H3,(H,21,26). The third-order valence-electron chi connectivity index (χ3n) is 4.63. The van der Waals surface area contributed by atoms with Gasteiger partial charge in [0.2, 0.25) is 0 Å². The van der Waals surface area contributed by atoms with Crippen LogP contribution in [0.2, 0.25) is 0 Å². The number of aryl methyl sites for hydroxylation is 2. The molecule has 1 N–H and O–H groups in total. The molecule has 2 amide bonds. The number of rotatable bonds is 4. The Balaban J connectivity index is 1.51. The van der Waals surface area contributed by atoms with Gasteiger partial charge in [0, 0.05) is 46.0 Å². The normalized spacial score (nSPS) is 14.9. The molecule has 1 aliphatic rings. The highest BCUT2D eigenvalue weighted by Crippen LogP contribution is 2.15. The SMILES string of the molecule is CCc1nn(C)cc1NC(=O)N1CCN(Cc2ccc(C#N)cc2)CC1. The van der Waals surface area contributed by atoms with Crippen LogP contribution in [0.25, 0.3) is 0 Å². The van der Waals surface area contributed by atoms with E-state index in [4.69, 9.17) is 5.26 Å². The van der Waals surface area contributed by atoms with Gasteiger partial charge in [-0.25, -0.2) is 4.79 Å². The number of aromatic nitrogens is 2. The zero-order valence-corrected chi connectivity index (χ0v) is 15.3. The minimum Gasteiger partial charge on any atom is -0.322 e. The van der Waals surface area contributed by atoms with Crippen LogP contribution in [0.1, 0.15) is 23.7 Å². The molecule has 2 aromatic rings. The molecule has 26 heavy (non-hydrogen) atoms. The maximum absolute atomic E-state index is 12.5. The average Bonchev–Trinajstić information content (AvgIpc) is 3.02. The van der Waals surface area contributed by atoms with E-state index >= 15 is 0 Å². The number of amides is 2. The molecule has 1 aromatic heterocycles. The summed E-state index contributed by atoms with van der Waals surface area (Å²) in [6.45, 7) is 5.93. The van der Waals surface area contributed by atoms with E-state index in [-0.39, 0.29) is 6.03 Å². The lowest BCUT2D eigenvalue weighted by atomic mass is 10.1. The molecule has 0 aliphatic carbocycles. The molecular weight excluding hydrogens is 328 g/mol. The summed E-state index contributed by atoms with van der Waals surface area (Å²) in [5.74, 6) is 0. The average molecular weight is 352 g/mol. The highest BCUT2D eigenvalue weighted by Gasteiger charge is 2.22. The zero-order chi connectivity index (χ0) is 18.5. The third-order valence-corrected chi connectivity index (χ3v) is 4.63. The highest BCUT2D eigenvalue weighted by atomic mass is 16.2. The Bertz CT molecular complexity index is 796. The summed E-state index contributed by atoms with van der Waals surface area (Å²) < 4.78 is 1.73. The molecule has 0 atom stereocenters. The Morgan fingerprint density at radius 2 is 1.92 bits per heavy atom. The lowest BCUT2D eigenvalue weighted by Gasteiger charge is -2.34. The van der Waals surface area contributed by atoms with Gasteiger partial charge in [-0.05, 0) is 24.1 Å². The second kappa shape index (κ2) is 8.02. The van der Waals surface area contributed by atoms with Gasteiger partial charge in [0.25, 0.3) is 0 Å². The van der Waals surface area contributed by atoms with Crippen LogP contribution < -0.4 is 5.32 Å². The van der Waals surface area contributed by atoms with Crippen molar-refractivity contribution in [2.45, 2.75) is 19.9 Å². The summed E-state index contributed by atoms with van der Waals surface area (Å²) in [4.78, 5) is 16.7. The molecule has 0 radical (unpaired) electrons. The van der Waals surface area contributed by atoms with E-state index in [1.165, 1.54) is 5.56 Å². The molecule has 0 unspecified atom stereocenters. The zero-order valence-electron chi connectivity index (χ0n) is 15.3. The Hall–Kier alpha value is -2.85. The van der Waals surface area contributed by atoms with E-state index in [0.29, 0.717) is 18.7 Å². The van der Waals surface area contributed by atoms with Crippen molar-refractivity contribution in [2.24, 2.45) is 7.05 Å². The van der Waals surface area contributed by atoms with Crippen molar-refractivity contribution in [3.63, 3.8) is 0 Å². The number of urea groups is 1. The number of piperazine rings is 1. The Kier molecular flexibility index (Phi) is 5.54. The number of anilines is 1. The van der Waals surface area contributed by atoms with E-state index < -0.39 is 0 Å². The summed E-state index contributed by atoms with van der Waals surface area (Å²) in [6, 6.07) is 9.75. The van der Waals surface area contributed by atoms with Crippen molar-refractivity contribution in [1.82, 2.24) is 19.6 Å². The molecule has 2 heterocycles. The van der Waals surface area contributed by atoms with Gasteiger partial charge in [0.15, 0.2) is 0 Å². The fourth-order valence-electron chi connectivity index (χ4n) is 3.15. The fraction of sp³-hybridized carbons (Fsp3) is 0.421. The molecule has 0 bridgehead atoms. The summed E-state index contributed by atoms with van der Waals surface area (Å²) in [6.07, 6.45) is 2.63. The number of carbonyl (C=O) groups excluding carboxylic acids is 1. The first-order valence-corrected chi connectivity index (χ1v) is 8.89. The van der Waals surface area contributed by atoms with Crippen molar-refractivity contribution in [1.29, 1.82) is 5.26 Å². The molecule has 1 fully saturated rings. The number of hydrogen-bond acceptors (Lipinski definition) is 4. The van der Waals surface area contributed by atoms with Crippen molar-refractivity contribution in [2.75, 3.05) is 31.5 Å². The van der Waals surface area contributed by atoms with Gasteiger partial charge in [-0.3, -0.25) is 9.58 Å². The topological polar surface area (TPSA) is 77.2 Å². The van der Waals surface area contributed by atoms with Crippen molar-refractivity contribution in [3.05, 3.63) is 47.3 Å². The predicted molar refractivity (Wildman–Crippen MR) is 99.6 cm³/mol. The number of hydrogen-bond donors (Lipinski definition) is 1. The smallest absolute Gasteiger partial charge is 0.322 e. The molecule has 7 heteroatoms. The molecular formula is C19H24N6O. The minimum atomic E-state index is -0.0641. The number of carbonyl (C=O) groups is 1. The van der Waals surface area contributed by atoms with Crippen LogP contribution >= 0.6 is 0 Å². The summed E-state index contributed by atoms with van der Waals surface area (Å²) in [5.41, 5.74) is 3.56. The lowest BCUT2D eigenvalue weighted by Crippen LogP contribution is -2.49. The molecule has 3 rings (SSSR count). The second-order valence-electron chi connectivity index (χ2n) is 6.52. The summed E-state index contributed by atoms with van der Waals surface area (Å²) in [7, 11) is 1.86. The molecule has 7 nitrogen and oxygen atoms in total. The Morgan fingerprint density at radius 3 is 2.54 bits per heavy atom. The first-order valence-electron chi connectivity index (χ1n) is 8.89. The van der Waals surface area contributed by atoms with E-state index in [2.05, 4.69) is 21.4 Å². The van der Waals surface area contributed by atoms with Gasteiger partial charge in [-0.2, -0.15) is 10.4 Å². The third kappa shape index (κ3) is 4.21. The Morgan fingerprint density at radius 1 is 1.23 bits per heavy atom. The highest BCUT2D eigenvalue weighted by molar-refractivity contribution is 5.89. The first kappa shape index (κ1) is 18.0. The van der Waals surface area contributed by atoms with Gasteiger partial charge in [-0.1, -0.05) is 19.1 Å². The number of benzene rings is 1. The van der Waals surface area contributed by atoms with Crippen LogP contribution in [0, 0.1) is 11.3 Å². The van der Waals surface area contributed by atoms with Gasteiger partial charge < -0.3 is 10.2 Å². The van der Waals surface area contributed by atoms with Gasteiger partial charge in [0.1, 0.15) is 0 Å². The number of nitriles is 1. The van der Waals surface area contributed by atoms with Crippen molar-refractivity contribution < 1.29 is 4.79 Å². The molecule has 1 aromatic carbocycles. The van der Waals surface area contributed by atoms with Crippen molar-refractivity contribution >= 4 is 11.7 Å².